The molecule has 1 saturated heterocycles. The summed E-state index contributed by atoms with van der Waals surface area (Å²) >= 11 is 0. The minimum absolute atomic E-state index is 0.0268. The molecule has 0 aromatic heterocycles. The van der Waals surface area contributed by atoms with Crippen molar-refractivity contribution < 1.29 is 48.2 Å². The number of carboxylic acids is 1. The second-order valence-corrected chi connectivity index (χ2v) is 19.0. The summed E-state index contributed by atoms with van der Waals surface area (Å²) in [7, 11) is 0.101. The van der Waals surface area contributed by atoms with E-state index >= 15 is 0 Å². The van der Waals surface area contributed by atoms with E-state index in [0.717, 1.165) is 6.04 Å². The van der Waals surface area contributed by atoms with Crippen molar-refractivity contribution in [3.8, 4) is 11.5 Å². The lowest BCUT2D eigenvalue weighted by atomic mass is 9.99. The van der Waals surface area contributed by atoms with E-state index in [1.54, 1.807) is 81.5 Å². The Morgan fingerprint density at radius 2 is 1.74 bits per heavy atom. The maximum Gasteiger partial charge on any atom is 0.340 e. The van der Waals surface area contributed by atoms with Gasteiger partial charge in [0.25, 0.3) is 0 Å². The average Bonchev–Trinajstić information content (AvgIpc) is 3.31. The summed E-state index contributed by atoms with van der Waals surface area (Å²) in [6.07, 6.45) is 4.62. The van der Waals surface area contributed by atoms with Crippen LogP contribution in [-0.4, -0.2) is 80.9 Å². The first kappa shape index (κ1) is 38.0. The molecule has 2 aromatic rings. The predicted molar refractivity (Wildman–Crippen MR) is 183 cm³/mol. The van der Waals surface area contributed by atoms with Crippen LogP contribution in [0.25, 0.3) is 6.08 Å². The maximum atomic E-state index is 13.1. The number of aliphatic hydroxyl groups excluding tert-OH is 1. The fraction of sp³-hybridized carbons (Fsp3) is 0.500. The smallest absolute Gasteiger partial charge is 0.340 e. The van der Waals surface area contributed by atoms with E-state index in [2.05, 4.69) is 19.6 Å². The zero-order valence-corrected chi connectivity index (χ0v) is 29.7. The van der Waals surface area contributed by atoms with Gasteiger partial charge in [0.15, 0.2) is 12.6 Å². The monoisotopic (exact) mass is 670 g/mol. The van der Waals surface area contributed by atoms with Gasteiger partial charge in [0, 0.05) is 21.3 Å². The number of rotatable bonds is 17. The summed E-state index contributed by atoms with van der Waals surface area (Å²) in [5.41, 5.74) is 0.756. The topological polar surface area (TPSA) is 130 Å². The third-order valence-electron chi connectivity index (χ3n) is 7.60. The number of ether oxygens (including phenoxy) is 6. The van der Waals surface area contributed by atoms with Crippen LogP contribution in [-0.2, 0) is 18.9 Å². The van der Waals surface area contributed by atoms with Crippen LogP contribution in [0, 0.1) is 5.92 Å². The van der Waals surface area contributed by atoms with Gasteiger partial charge < -0.3 is 38.6 Å². The van der Waals surface area contributed by atoms with E-state index in [0.29, 0.717) is 29.9 Å². The summed E-state index contributed by atoms with van der Waals surface area (Å²) < 4.78 is 35.2. The lowest BCUT2D eigenvalue weighted by molar-refractivity contribution is -0.152. The van der Waals surface area contributed by atoms with Gasteiger partial charge in [-0.15, -0.1) is 0 Å². The number of benzene rings is 2. The number of esters is 1. The predicted octanol–water partition coefficient (Wildman–Crippen LogP) is 6.81. The Morgan fingerprint density at radius 3 is 2.36 bits per heavy atom. The van der Waals surface area contributed by atoms with Crippen LogP contribution >= 0.6 is 0 Å². The van der Waals surface area contributed by atoms with Crippen molar-refractivity contribution in [2.75, 3.05) is 20.5 Å². The molecule has 1 heterocycles. The summed E-state index contributed by atoms with van der Waals surface area (Å²) in [6, 6.07) is 12.9. The first-order chi connectivity index (χ1) is 22.1. The van der Waals surface area contributed by atoms with E-state index in [-0.39, 0.29) is 24.0 Å². The fourth-order valence-corrected chi connectivity index (χ4v) is 5.56. The molecule has 2 aromatic carbocycles. The number of aromatic carboxylic acids is 1. The van der Waals surface area contributed by atoms with Gasteiger partial charge in [-0.25, -0.2) is 9.59 Å². The van der Waals surface area contributed by atoms with Gasteiger partial charge >= 0.3 is 11.9 Å². The van der Waals surface area contributed by atoms with Crippen molar-refractivity contribution in [1.29, 1.82) is 0 Å². The lowest BCUT2D eigenvalue weighted by Gasteiger charge is -2.25. The van der Waals surface area contributed by atoms with Gasteiger partial charge in [0.05, 0.1) is 24.4 Å². The molecular weight excluding hydrogens is 620 g/mol. The Kier molecular flexibility index (Phi) is 13.8. The second-order valence-electron chi connectivity index (χ2n) is 13.4. The zero-order chi connectivity index (χ0) is 34.8. The van der Waals surface area contributed by atoms with Gasteiger partial charge in [0.1, 0.15) is 29.3 Å². The van der Waals surface area contributed by atoms with Crippen LogP contribution in [0.5, 0.6) is 11.5 Å². The molecule has 0 radical (unpaired) electrons. The first-order valence-electron chi connectivity index (χ1n) is 15.9. The highest BCUT2D eigenvalue weighted by Crippen LogP contribution is 2.35. The zero-order valence-electron chi connectivity index (χ0n) is 28.7. The Bertz CT molecular complexity index is 1380. The molecule has 10 nitrogen and oxygen atoms in total. The normalized spacial score (nSPS) is 19.9. The fourth-order valence-electron chi connectivity index (χ4n) is 4.85. The quantitative estimate of drug-likeness (QED) is 0.0802. The van der Waals surface area contributed by atoms with Crippen LogP contribution < -0.4 is 9.47 Å². The van der Waals surface area contributed by atoms with Crippen LogP contribution in [0.2, 0.25) is 25.7 Å². The van der Waals surface area contributed by atoms with E-state index in [9.17, 15) is 19.8 Å². The van der Waals surface area contributed by atoms with E-state index in [1.807, 2.05) is 13.0 Å². The third-order valence-corrected chi connectivity index (χ3v) is 9.31. The molecule has 11 heteroatoms. The Balaban J connectivity index is 1.93. The molecule has 2 N–H and O–H groups in total. The molecule has 258 valence electrons. The number of carbonyl (C=O) groups is 2. The van der Waals surface area contributed by atoms with Gasteiger partial charge in [-0.2, -0.15) is 0 Å². The SMILES string of the molecule is COCOc1cc(OCC[Si](C)(C)C)cc(/C=C/C[C@@H]2OC(C)(C)O[C@@H]2C(/C=C\[C@@H](C)[C@H](C)O)OC(=O)c2ccccc2)c1C(=O)O. The van der Waals surface area contributed by atoms with Gasteiger partial charge in [-0.05, 0) is 69.0 Å². The molecule has 3 rings (SSSR count). The number of methoxy groups -OCH3 is 1. The second kappa shape index (κ2) is 17.1. The molecule has 0 amide bonds. The molecule has 1 fully saturated rings. The molecule has 1 aliphatic rings. The van der Waals surface area contributed by atoms with E-state index in [4.69, 9.17) is 28.4 Å². The van der Waals surface area contributed by atoms with Crippen LogP contribution in [0.3, 0.4) is 0 Å². The standard InChI is InChI=1S/C36H50O10Si/c1-24(25(2)37)17-18-29(44-35(40)26-13-10-9-11-14-26)33-30(45-36(3,4)46-33)16-12-15-27-21-28(42-19-20-47(6,7)8)22-31(43-23-41-5)32(27)34(38)39/h9-15,17-18,21-22,24-25,29-30,33,37H,16,19-20,23H2,1-8H3,(H,38,39)/b15-12+,18-17-/t24-,25+,29?,30+,33-/m1/s1. The van der Waals surface area contributed by atoms with E-state index in [1.165, 1.54) is 7.11 Å². The van der Waals surface area contributed by atoms with Crippen LogP contribution in [0.1, 0.15) is 60.4 Å². The molecule has 0 spiro atoms. The number of hydrogen-bond donors (Lipinski definition) is 2. The number of hydrogen-bond acceptors (Lipinski definition) is 9. The molecule has 0 aliphatic carbocycles. The summed E-state index contributed by atoms with van der Waals surface area (Å²) in [4.78, 5) is 25.5. The highest BCUT2D eigenvalue weighted by molar-refractivity contribution is 6.76. The minimum atomic E-state index is -1.36. The average molecular weight is 671 g/mol. The first-order valence-corrected chi connectivity index (χ1v) is 19.6. The summed E-state index contributed by atoms with van der Waals surface area (Å²) in [6.45, 7) is 14.3. The lowest BCUT2D eigenvalue weighted by Crippen LogP contribution is -2.37. The van der Waals surface area contributed by atoms with Crippen molar-refractivity contribution in [1.82, 2.24) is 0 Å². The van der Waals surface area contributed by atoms with E-state index < -0.39 is 50.2 Å². The highest BCUT2D eigenvalue weighted by Gasteiger charge is 2.45. The van der Waals surface area contributed by atoms with Gasteiger partial charge in [-0.3, -0.25) is 0 Å². The number of carboxylic acid groups (broad SMARTS) is 1. The molecule has 5 atom stereocenters. The van der Waals surface area contributed by atoms with Crippen LogP contribution in [0.15, 0.2) is 60.7 Å². The van der Waals surface area contributed by atoms with Crippen molar-refractivity contribution in [2.24, 2.45) is 5.92 Å². The molecule has 0 bridgehead atoms. The number of aliphatic hydroxyl groups is 1. The van der Waals surface area contributed by atoms with Gasteiger partial charge in [-0.1, -0.05) is 63.0 Å². The van der Waals surface area contributed by atoms with Crippen molar-refractivity contribution in [3.63, 3.8) is 0 Å². The molecular formula is C36H50O10Si. The Labute approximate surface area is 279 Å². The number of carbonyl (C=O) groups excluding carboxylic acids is 1. The summed E-state index contributed by atoms with van der Waals surface area (Å²) in [5.74, 6) is -2.24. The molecule has 47 heavy (non-hydrogen) atoms. The third kappa shape index (κ3) is 11.9. The summed E-state index contributed by atoms with van der Waals surface area (Å²) in [5, 5.41) is 20.2. The molecule has 1 unspecified atom stereocenters. The Hall–Kier alpha value is -3.48. The van der Waals surface area contributed by atoms with Crippen molar-refractivity contribution in [3.05, 3.63) is 77.4 Å². The minimum Gasteiger partial charge on any atom is -0.494 e. The highest BCUT2D eigenvalue weighted by atomic mass is 28.3. The molecule has 0 saturated carbocycles. The van der Waals surface area contributed by atoms with Crippen LogP contribution in [0.4, 0.5) is 0 Å². The Morgan fingerprint density at radius 1 is 1.04 bits per heavy atom. The largest absolute Gasteiger partial charge is 0.494 e. The maximum absolute atomic E-state index is 13.1. The van der Waals surface area contributed by atoms with Crippen molar-refractivity contribution >= 4 is 26.1 Å². The van der Waals surface area contributed by atoms with Crippen molar-refractivity contribution in [2.45, 2.75) is 90.0 Å². The van der Waals surface area contributed by atoms with Gasteiger partial charge in [0.2, 0.25) is 0 Å². The molecule has 1 aliphatic heterocycles.